The van der Waals surface area contributed by atoms with Gasteiger partial charge in [0.1, 0.15) is 5.82 Å². The molecule has 0 amide bonds. The molecule has 0 spiro atoms. The molecule has 3 nitrogen and oxygen atoms in total. The van der Waals surface area contributed by atoms with Gasteiger partial charge in [0.15, 0.2) is 0 Å². The first-order valence-electron chi connectivity index (χ1n) is 6.20. The van der Waals surface area contributed by atoms with Crippen LogP contribution < -0.4 is 10.6 Å². The van der Waals surface area contributed by atoms with Crippen molar-refractivity contribution in [3.8, 4) is 0 Å². The van der Waals surface area contributed by atoms with Crippen molar-refractivity contribution < 1.29 is 0 Å². The lowest BCUT2D eigenvalue weighted by Crippen LogP contribution is -2.44. The Balaban J connectivity index is 2.24. The molecule has 94 valence electrons. The SMILES string of the molecule is Cc1cc(Br)cnc1N1CC(CN)CCC1C. The third kappa shape index (κ3) is 2.80. The smallest absolute Gasteiger partial charge is 0.131 e. The number of piperidine rings is 1. The summed E-state index contributed by atoms with van der Waals surface area (Å²) in [4.78, 5) is 6.96. The maximum Gasteiger partial charge on any atom is 0.131 e. The second-order valence-electron chi connectivity index (χ2n) is 4.97. The second kappa shape index (κ2) is 5.36. The van der Waals surface area contributed by atoms with E-state index in [1.54, 1.807) is 0 Å². The zero-order valence-corrected chi connectivity index (χ0v) is 12.1. The second-order valence-corrected chi connectivity index (χ2v) is 5.89. The van der Waals surface area contributed by atoms with Crippen molar-refractivity contribution in [2.45, 2.75) is 32.7 Å². The van der Waals surface area contributed by atoms with E-state index < -0.39 is 0 Å². The fraction of sp³-hybridized carbons (Fsp3) is 0.615. The first-order valence-corrected chi connectivity index (χ1v) is 7.00. The first-order chi connectivity index (χ1) is 8.11. The van der Waals surface area contributed by atoms with E-state index in [1.165, 1.54) is 18.4 Å². The van der Waals surface area contributed by atoms with Crippen LogP contribution in [-0.4, -0.2) is 24.1 Å². The summed E-state index contributed by atoms with van der Waals surface area (Å²) in [6, 6.07) is 2.69. The third-order valence-corrected chi connectivity index (χ3v) is 4.04. The maximum absolute atomic E-state index is 5.80. The minimum Gasteiger partial charge on any atom is -0.353 e. The number of pyridine rings is 1. The molecule has 2 heterocycles. The topological polar surface area (TPSA) is 42.2 Å². The largest absolute Gasteiger partial charge is 0.353 e. The van der Waals surface area contributed by atoms with E-state index in [-0.39, 0.29) is 0 Å². The van der Waals surface area contributed by atoms with Gasteiger partial charge in [-0.05, 0) is 66.7 Å². The number of nitrogens with two attached hydrogens (primary N) is 1. The zero-order chi connectivity index (χ0) is 12.4. The Morgan fingerprint density at radius 3 is 2.94 bits per heavy atom. The van der Waals surface area contributed by atoms with Crippen LogP contribution in [0.4, 0.5) is 5.82 Å². The van der Waals surface area contributed by atoms with Crippen LogP contribution in [-0.2, 0) is 0 Å². The Morgan fingerprint density at radius 1 is 1.53 bits per heavy atom. The normalized spacial score (nSPS) is 25.1. The molecular formula is C13H20BrN3. The summed E-state index contributed by atoms with van der Waals surface area (Å²) in [7, 11) is 0. The molecule has 1 aromatic rings. The molecule has 4 heteroatoms. The number of hydrogen-bond donors (Lipinski definition) is 1. The van der Waals surface area contributed by atoms with Gasteiger partial charge in [-0.1, -0.05) is 0 Å². The maximum atomic E-state index is 5.80. The van der Waals surface area contributed by atoms with E-state index in [1.807, 2.05) is 6.20 Å². The highest BCUT2D eigenvalue weighted by Crippen LogP contribution is 2.29. The number of rotatable bonds is 2. The molecule has 1 saturated heterocycles. The van der Waals surface area contributed by atoms with Crippen LogP contribution in [0, 0.1) is 12.8 Å². The van der Waals surface area contributed by atoms with Crippen LogP contribution in [0.15, 0.2) is 16.7 Å². The van der Waals surface area contributed by atoms with E-state index in [9.17, 15) is 0 Å². The molecule has 0 bridgehead atoms. The Morgan fingerprint density at radius 2 is 2.29 bits per heavy atom. The molecule has 1 aliphatic rings. The van der Waals surface area contributed by atoms with Crippen molar-refractivity contribution in [2.75, 3.05) is 18.0 Å². The fourth-order valence-electron chi connectivity index (χ4n) is 2.50. The van der Waals surface area contributed by atoms with E-state index in [4.69, 9.17) is 5.73 Å². The average Bonchev–Trinajstić information content (AvgIpc) is 2.30. The van der Waals surface area contributed by atoms with E-state index in [0.29, 0.717) is 12.0 Å². The molecule has 0 saturated carbocycles. The lowest BCUT2D eigenvalue weighted by Gasteiger charge is -2.39. The minimum atomic E-state index is 0.560. The predicted molar refractivity (Wildman–Crippen MR) is 75.3 cm³/mol. The van der Waals surface area contributed by atoms with Crippen LogP contribution in [0.3, 0.4) is 0 Å². The Labute approximate surface area is 112 Å². The van der Waals surface area contributed by atoms with Gasteiger partial charge >= 0.3 is 0 Å². The highest BCUT2D eigenvalue weighted by Gasteiger charge is 2.26. The van der Waals surface area contributed by atoms with Crippen molar-refractivity contribution in [3.05, 3.63) is 22.3 Å². The van der Waals surface area contributed by atoms with Gasteiger partial charge < -0.3 is 10.6 Å². The molecule has 2 rings (SSSR count). The predicted octanol–water partition coefficient (Wildman–Crippen LogP) is 2.72. The van der Waals surface area contributed by atoms with Crippen LogP contribution in [0.25, 0.3) is 0 Å². The Bertz CT molecular complexity index is 394. The summed E-state index contributed by atoms with van der Waals surface area (Å²) in [5.74, 6) is 1.72. The minimum absolute atomic E-state index is 0.560. The summed E-state index contributed by atoms with van der Waals surface area (Å²) >= 11 is 3.46. The lowest BCUT2D eigenvalue weighted by molar-refractivity contribution is 0.371. The summed E-state index contributed by atoms with van der Waals surface area (Å²) in [5, 5.41) is 0. The fourth-order valence-corrected chi connectivity index (χ4v) is 2.95. The molecule has 2 atom stereocenters. The highest BCUT2D eigenvalue weighted by molar-refractivity contribution is 9.10. The average molecular weight is 298 g/mol. The zero-order valence-electron chi connectivity index (χ0n) is 10.5. The molecule has 1 aliphatic heterocycles. The van der Waals surface area contributed by atoms with Crippen molar-refractivity contribution in [1.29, 1.82) is 0 Å². The summed E-state index contributed by atoms with van der Waals surface area (Å²) in [6.07, 6.45) is 4.32. The first kappa shape index (κ1) is 12.8. The summed E-state index contributed by atoms with van der Waals surface area (Å²) in [5.41, 5.74) is 7.02. The van der Waals surface area contributed by atoms with Gasteiger partial charge in [0.25, 0.3) is 0 Å². The third-order valence-electron chi connectivity index (χ3n) is 3.60. The monoisotopic (exact) mass is 297 g/mol. The van der Waals surface area contributed by atoms with Gasteiger partial charge in [-0.15, -0.1) is 0 Å². The lowest BCUT2D eigenvalue weighted by atomic mass is 9.93. The molecule has 0 aliphatic carbocycles. The van der Waals surface area contributed by atoms with Gasteiger partial charge in [-0.2, -0.15) is 0 Å². The summed E-state index contributed by atoms with van der Waals surface area (Å²) < 4.78 is 1.04. The number of nitrogens with zero attached hydrogens (tertiary/aromatic N) is 2. The van der Waals surface area contributed by atoms with E-state index in [2.05, 4.69) is 45.7 Å². The van der Waals surface area contributed by atoms with Gasteiger partial charge in [0, 0.05) is 23.3 Å². The Kier molecular flexibility index (Phi) is 4.05. The van der Waals surface area contributed by atoms with Gasteiger partial charge in [-0.3, -0.25) is 0 Å². The quantitative estimate of drug-likeness (QED) is 0.913. The standard InChI is InChI=1S/C13H20BrN3/c1-9-5-12(14)7-16-13(9)17-8-11(6-15)4-3-10(17)2/h5,7,10-11H,3-4,6,8,15H2,1-2H3. The van der Waals surface area contributed by atoms with Crippen molar-refractivity contribution >= 4 is 21.7 Å². The summed E-state index contributed by atoms with van der Waals surface area (Å²) in [6.45, 7) is 6.20. The molecule has 0 aromatic carbocycles. The molecule has 2 N–H and O–H groups in total. The number of aryl methyl sites for hydroxylation is 1. The number of halogens is 1. The number of hydrogen-bond acceptors (Lipinski definition) is 3. The molecular weight excluding hydrogens is 278 g/mol. The van der Waals surface area contributed by atoms with Crippen molar-refractivity contribution in [3.63, 3.8) is 0 Å². The van der Waals surface area contributed by atoms with Gasteiger partial charge in [0.05, 0.1) is 0 Å². The van der Waals surface area contributed by atoms with E-state index >= 15 is 0 Å². The van der Waals surface area contributed by atoms with Gasteiger partial charge in [0.2, 0.25) is 0 Å². The molecule has 2 unspecified atom stereocenters. The van der Waals surface area contributed by atoms with Crippen LogP contribution in [0.2, 0.25) is 0 Å². The molecule has 1 aromatic heterocycles. The molecule has 0 radical (unpaired) electrons. The number of aromatic nitrogens is 1. The molecule has 17 heavy (non-hydrogen) atoms. The molecule has 1 fully saturated rings. The van der Waals surface area contributed by atoms with Gasteiger partial charge in [-0.25, -0.2) is 4.98 Å². The van der Waals surface area contributed by atoms with Crippen LogP contribution in [0.1, 0.15) is 25.3 Å². The highest BCUT2D eigenvalue weighted by atomic mass is 79.9. The van der Waals surface area contributed by atoms with E-state index in [0.717, 1.165) is 23.4 Å². The Hall–Kier alpha value is -0.610. The van der Waals surface area contributed by atoms with Crippen molar-refractivity contribution in [1.82, 2.24) is 4.98 Å². The van der Waals surface area contributed by atoms with Crippen molar-refractivity contribution in [2.24, 2.45) is 11.7 Å². The number of anilines is 1. The van der Waals surface area contributed by atoms with Crippen LogP contribution >= 0.6 is 15.9 Å². The van der Waals surface area contributed by atoms with Crippen LogP contribution in [0.5, 0.6) is 0 Å².